The van der Waals surface area contributed by atoms with Crippen LogP contribution in [0.3, 0.4) is 0 Å². The molecule has 26 heavy (non-hydrogen) atoms. The number of amides is 1. The van der Waals surface area contributed by atoms with Crippen LogP contribution in [-0.2, 0) is 13.1 Å². The highest BCUT2D eigenvalue weighted by Gasteiger charge is 2.25. The summed E-state index contributed by atoms with van der Waals surface area (Å²) < 4.78 is 7.27. The lowest BCUT2D eigenvalue weighted by atomic mass is 10.2. The minimum Gasteiger partial charge on any atom is -0.478 e. The summed E-state index contributed by atoms with van der Waals surface area (Å²) >= 11 is 0. The van der Waals surface area contributed by atoms with E-state index in [1.165, 1.54) is 0 Å². The number of pyridine rings is 1. The van der Waals surface area contributed by atoms with Gasteiger partial charge < -0.3 is 10.1 Å². The molecule has 1 aliphatic heterocycles. The summed E-state index contributed by atoms with van der Waals surface area (Å²) in [6.45, 7) is 8.17. The van der Waals surface area contributed by atoms with Crippen LogP contribution >= 0.6 is 0 Å². The largest absolute Gasteiger partial charge is 0.478 e. The Balaban J connectivity index is 1.46. The lowest BCUT2D eigenvalue weighted by Crippen LogP contribution is -2.37. The zero-order valence-corrected chi connectivity index (χ0v) is 15.5. The summed E-state index contributed by atoms with van der Waals surface area (Å²) in [7, 11) is 0. The van der Waals surface area contributed by atoms with Crippen molar-refractivity contribution in [3.05, 3.63) is 41.9 Å². The average molecular weight is 357 g/mol. The van der Waals surface area contributed by atoms with Gasteiger partial charge in [-0.05, 0) is 31.4 Å². The number of rotatable bonds is 8. The SMILES string of the molecule is CCCOc1ccc(CN2CCC(NC(=O)c3ccn(CC)n3)C2)cn1. The maximum absolute atomic E-state index is 12.3. The zero-order valence-electron chi connectivity index (χ0n) is 15.5. The molecule has 0 saturated carbocycles. The number of hydrogen-bond donors (Lipinski definition) is 1. The average Bonchev–Trinajstić information content (AvgIpc) is 3.30. The highest BCUT2D eigenvalue weighted by Crippen LogP contribution is 2.15. The van der Waals surface area contributed by atoms with Crippen molar-refractivity contribution in [2.24, 2.45) is 0 Å². The quantitative estimate of drug-likeness (QED) is 0.783. The van der Waals surface area contributed by atoms with E-state index in [0.29, 0.717) is 18.2 Å². The normalized spacial score (nSPS) is 17.4. The van der Waals surface area contributed by atoms with Crippen molar-refractivity contribution in [3.8, 4) is 5.88 Å². The highest BCUT2D eigenvalue weighted by molar-refractivity contribution is 5.92. The molecule has 3 heterocycles. The second-order valence-corrected chi connectivity index (χ2v) is 6.60. The molecule has 0 radical (unpaired) electrons. The second-order valence-electron chi connectivity index (χ2n) is 6.60. The Bertz CT molecular complexity index is 713. The van der Waals surface area contributed by atoms with Crippen LogP contribution in [0, 0.1) is 0 Å². The maximum Gasteiger partial charge on any atom is 0.272 e. The first-order chi connectivity index (χ1) is 12.7. The monoisotopic (exact) mass is 357 g/mol. The van der Waals surface area contributed by atoms with Crippen molar-refractivity contribution in [2.45, 2.75) is 45.8 Å². The summed E-state index contributed by atoms with van der Waals surface area (Å²) in [5.41, 5.74) is 1.64. The molecule has 1 aliphatic rings. The molecular formula is C19H27N5O2. The summed E-state index contributed by atoms with van der Waals surface area (Å²) in [5.74, 6) is 0.580. The number of aromatic nitrogens is 3. The molecule has 1 N–H and O–H groups in total. The topological polar surface area (TPSA) is 72.3 Å². The van der Waals surface area contributed by atoms with Crippen LogP contribution in [0.4, 0.5) is 0 Å². The summed E-state index contributed by atoms with van der Waals surface area (Å²) in [4.78, 5) is 19.0. The van der Waals surface area contributed by atoms with Crippen molar-refractivity contribution in [1.29, 1.82) is 0 Å². The number of carbonyl (C=O) groups excluding carboxylic acids is 1. The Hall–Kier alpha value is -2.41. The van der Waals surface area contributed by atoms with Gasteiger partial charge in [0.15, 0.2) is 0 Å². The number of aryl methyl sites for hydroxylation is 1. The Labute approximate surface area is 154 Å². The van der Waals surface area contributed by atoms with E-state index in [9.17, 15) is 4.79 Å². The Kier molecular flexibility index (Phi) is 6.22. The van der Waals surface area contributed by atoms with E-state index >= 15 is 0 Å². The smallest absolute Gasteiger partial charge is 0.272 e. The van der Waals surface area contributed by atoms with Gasteiger partial charge in [-0.2, -0.15) is 5.10 Å². The van der Waals surface area contributed by atoms with Crippen LogP contribution in [-0.4, -0.2) is 51.3 Å². The van der Waals surface area contributed by atoms with E-state index in [1.807, 2.05) is 25.4 Å². The van der Waals surface area contributed by atoms with Gasteiger partial charge in [0.05, 0.1) is 6.61 Å². The van der Waals surface area contributed by atoms with Crippen molar-refractivity contribution >= 4 is 5.91 Å². The van der Waals surface area contributed by atoms with Crippen LogP contribution in [0.15, 0.2) is 30.6 Å². The molecule has 2 aromatic heterocycles. The third-order valence-corrected chi connectivity index (χ3v) is 4.46. The lowest BCUT2D eigenvalue weighted by molar-refractivity contribution is 0.0931. The fourth-order valence-electron chi connectivity index (χ4n) is 3.07. The van der Waals surface area contributed by atoms with E-state index in [1.54, 1.807) is 10.7 Å². The number of ether oxygens (including phenoxy) is 1. The molecule has 0 bridgehead atoms. The van der Waals surface area contributed by atoms with Crippen LogP contribution < -0.4 is 10.1 Å². The summed E-state index contributed by atoms with van der Waals surface area (Å²) in [6, 6.07) is 5.90. The van der Waals surface area contributed by atoms with Crippen LogP contribution in [0.2, 0.25) is 0 Å². The predicted molar refractivity (Wildman–Crippen MR) is 99.1 cm³/mol. The molecule has 1 fully saturated rings. The second kappa shape index (κ2) is 8.80. The van der Waals surface area contributed by atoms with E-state index < -0.39 is 0 Å². The van der Waals surface area contributed by atoms with Crippen LogP contribution in [0.1, 0.15) is 42.7 Å². The standard InChI is InChI=1S/C19H27N5O2/c1-3-11-26-18-6-5-15(12-20-18)13-23-9-7-16(14-23)21-19(25)17-8-10-24(4-2)22-17/h5-6,8,10,12,16H,3-4,7,9,11,13-14H2,1-2H3,(H,21,25). The fourth-order valence-corrected chi connectivity index (χ4v) is 3.07. The molecule has 1 unspecified atom stereocenters. The van der Waals surface area contributed by atoms with Crippen molar-refractivity contribution < 1.29 is 9.53 Å². The number of nitrogens with zero attached hydrogens (tertiary/aromatic N) is 4. The molecule has 0 spiro atoms. The van der Waals surface area contributed by atoms with Gasteiger partial charge in [-0.1, -0.05) is 13.0 Å². The van der Waals surface area contributed by atoms with Crippen LogP contribution in [0.5, 0.6) is 5.88 Å². The molecule has 1 atom stereocenters. The third kappa shape index (κ3) is 4.82. The Morgan fingerprint density at radius 2 is 2.23 bits per heavy atom. The van der Waals surface area contributed by atoms with Crippen LogP contribution in [0.25, 0.3) is 0 Å². The van der Waals surface area contributed by atoms with E-state index in [2.05, 4.69) is 33.3 Å². The van der Waals surface area contributed by atoms with Gasteiger partial charge in [-0.3, -0.25) is 14.4 Å². The third-order valence-electron chi connectivity index (χ3n) is 4.46. The van der Waals surface area contributed by atoms with E-state index in [4.69, 9.17) is 4.74 Å². The Morgan fingerprint density at radius 1 is 1.35 bits per heavy atom. The molecule has 7 nitrogen and oxygen atoms in total. The molecule has 1 saturated heterocycles. The van der Waals surface area contributed by atoms with Gasteiger partial charge in [0.1, 0.15) is 5.69 Å². The number of carbonyl (C=O) groups is 1. The molecular weight excluding hydrogens is 330 g/mol. The molecule has 3 rings (SSSR count). The molecule has 7 heteroatoms. The van der Waals surface area contributed by atoms with Gasteiger partial charge in [-0.25, -0.2) is 4.98 Å². The maximum atomic E-state index is 12.3. The number of likely N-dealkylation sites (tertiary alicyclic amines) is 1. The Morgan fingerprint density at radius 3 is 2.92 bits per heavy atom. The van der Waals surface area contributed by atoms with E-state index in [-0.39, 0.29) is 11.9 Å². The molecule has 0 aromatic carbocycles. The summed E-state index contributed by atoms with van der Waals surface area (Å²) in [5, 5.41) is 7.35. The van der Waals surface area contributed by atoms with Gasteiger partial charge >= 0.3 is 0 Å². The minimum absolute atomic E-state index is 0.0943. The summed E-state index contributed by atoms with van der Waals surface area (Å²) in [6.07, 6.45) is 5.62. The first-order valence-corrected chi connectivity index (χ1v) is 9.32. The minimum atomic E-state index is -0.0943. The molecule has 2 aromatic rings. The van der Waals surface area contributed by atoms with E-state index in [0.717, 1.165) is 44.6 Å². The van der Waals surface area contributed by atoms with Crippen molar-refractivity contribution in [1.82, 2.24) is 25.0 Å². The first-order valence-electron chi connectivity index (χ1n) is 9.32. The van der Waals surface area contributed by atoms with Gasteiger partial charge in [0, 0.05) is 50.7 Å². The van der Waals surface area contributed by atoms with Gasteiger partial charge in [0.2, 0.25) is 5.88 Å². The lowest BCUT2D eigenvalue weighted by Gasteiger charge is -2.16. The molecule has 140 valence electrons. The predicted octanol–water partition coefficient (Wildman–Crippen LogP) is 2.09. The molecule has 1 amide bonds. The first kappa shape index (κ1) is 18.4. The molecule has 0 aliphatic carbocycles. The van der Waals surface area contributed by atoms with Crippen molar-refractivity contribution in [3.63, 3.8) is 0 Å². The van der Waals surface area contributed by atoms with Gasteiger partial charge in [0.25, 0.3) is 5.91 Å². The highest BCUT2D eigenvalue weighted by atomic mass is 16.5. The fraction of sp³-hybridized carbons (Fsp3) is 0.526. The zero-order chi connectivity index (χ0) is 18.4. The van der Waals surface area contributed by atoms with Gasteiger partial charge in [-0.15, -0.1) is 0 Å². The number of nitrogens with one attached hydrogen (secondary N) is 1. The number of hydrogen-bond acceptors (Lipinski definition) is 5. The van der Waals surface area contributed by atoms with Crippen molar-refractivity contribution in [2.75, 3.05) is 19.7 Å².